The van der Waals surface area contributed by atoms with Gasteiger partial charge in [-0.25, -0.2) is 8.42 Å². The highest BCUT2D eigenvalue weighted by molar-refractivity contribution is 7.92. The van der Waals surface area contributed by atoms with E-state index in [4.69, 9.17) is 23.2 Å². The van der Waals surface area contributed by atoms with E-state index in [1.165, 1.54) is 7.05 Å². The van der Waals surface area contributed by atoms with Gasteiger partial charge in [0.1, 0.15) is 12.6 Å². The summed E-state index contributed by atoms with van der Waals surface area (Å²) in [6.45, 7) is -1.16. The molecule has 1 N–H and O–H groups in total. The van der Waals surface area contributed by atoms with E-state index in [0.29, 0.717) is 21.5 Å². The van der Waals surface area contributed by atoms with Gasteiger partial charge in [0.25, 0.3) is 0 Å². The van der Waals surface area contributed by atoms with Crippen molar-refractivity contribution >= 4 is 50.7 Å². The van der Waals surface area contributed by atoms with Crippen LogP contribution in [-0.2, 0) is 38.8 Å². The van der Waals surface area contributed by atoms with Crippen molar-refractivity contribution in [2.24, 2.45) is 0 Å². The van der Waals surface area contributed by atoms with Gasteiger partial charge < -0.3 is 10.2 Å². The van der Waals surface area contributed by atoms with E-state index in [9.17, 15) is 31.2 Å². The topological polar surface area (TPSA) is 86.8 Å². The Morgan fingerprint density at radius 1 is 0.950 bits per heavy atom. The number of anilines is 1. The molecule has 3 aromatic carbocycles. The monoisotopic (exact) mass is 615 g/mol. The van der Waals surface area contributed by atoms with Crippen molar-refractivity contribution in [3.05, 3.63) is 99.5 Å². The lowest BCUT2D eigenvalue weighted by atomic mass is 10.0. The highest BCUT2D eigenvalue weighted by Gasteiger charge is 2.35. The van der Waals surface area contributed by atoms with E-state index >= 15 is 0 Å². The smallest absolute Gasteiger partial charge is 0.357 e. The number of rotatable bonds is 10. The second-order valence-electron chi connectivity index (χ2n) is 8.86. The van der Waals surface area contributed by atoms with Crippen LogP contribution in [0.2, 0.25) is 10.0 Å². The number of amides is 2. The molecule has 7 nitrogen and oxygen atoms in total. The molecule has 214 valence electrons. The second kappa shape index (κ2) is 12.9. The van der Waals surface area contributed by atoms with E-state index < -0.39 is 46.2 Å². The van der Waals surface area contributed by atoms with E-state index in [1.807, 2.05) is 0 Å². The van der Waals surface area contributed by atoms with Gasteiger partial charge in [0.15, 0.2) is 0 Å². The van der Waals surface area contributed by atoms with Crippen LogP contribution in [0.4, 0.5) is 18.9 Å². The van der Waals surface area contributed by atoms with Gasteiger partial charge in [0.2, 0.25) is 21.8 Å². The predicted octanol–water partition coefficient (Wildman–Crippen LogP) is 5.16. The largest absolute Gasteiger partial charge is 0.416 e. The second-order valence-corrected chi connectivity index (χ2v) is 11.6. The molecule has 0 saturated carbocycles. The lowest BCUT2D eigenvalue weighted by Gasteiger charge is -2.33. The van der Waals surface area contributed by atoms with E-state index in [0.717, 1.165) is 29.4 Å². The summed E-state index contributed by atoms with van der Waals surface area (Å²) >= 11 is 12.7. The Bertz CT molecular complexity index is 1450. The minimum atomic E-state index is -4.74. The van der Waals surface area contributed by atoms with Crippen molar-refractivity contribution in [3.63, 3.8) is 0 Å². The van der Waals surface area contributed by atoms with Gasteiger partial charge in [-0.05, 0) is 35.9 Å². The number of alkyl halides is 3. The first-order valence-electron chi connectivity index (χ1n) is 11.8. The summed E-state index contributed by atoms with van der Waals surface area (Å²) in [4.78, 5) is 28.1. The third-order valence-electron chi connectivity index (χ3n) is 6.05. The number of benzene rings is 3. The highest BCUT2D eigenvalue weighted by atomic mass is 35.5. The average molecular weight is 616 g/mol. The Morgan fingerprint density at radius 2 is 1.55 bits per heavy atom. The van der Waals surface area contributed by atoms with Crippen molar-refractivity contribution in [1.82, 2.24) is 10.2 Å². The number of likely N-dealkylation sites (N-methyl/N-ethyl adjacent to an activating group) is 1. The molecule has 2 amide bonds. The molecular weight excluding hydrogens is 590 g/mol. The molecule has 0 bridgehead atoms. The molecule has 0 saturated heterocycles. The Balaban J connectivity index is 2.09. The molecule has 0 radical (unpaired) electrons. The molecule has 0 fully saturated rings. The molecule has 3 aromatic rings. The van der Waals surface area contributed by atoms with Gasteiger partial charge in [-0.3, -0.25) is 13.9 Å². The molecule has 0 aliphatic rings. The van der Waals surface area contributed by atoms with Gasteiger partial charge in [0, 0.05) is 35.6 Å². The number of sulfonamides is 1. The number of hydrogen-bond donors (Lipinski definition) is 1. The molecule has 0 heterocycles. The zero-order chi connectivity index (χ0) is 29.7. The number of carbonyl (C=O) groups is 2. The van der Waals surface area contributed by atoms with Crippen molar-refractivity contribution in [2.45, 2.75) is 25.2 Å². The number of nitrogens with one attached hydrogen (secondary N) is 1. The van der Waals surface area contributed by atoms with Crippen molar-refractivity contribution < 1.29 is 31.2 Å². The fourth-order valence-corrected chi connectivity index (χ4v) is 5.38. The zero-order valence-corrected chi connectivity index (χ0v) is 23.8. The Hall–Kier alpha value is -3.28. The molecule has 0 aliphatic heterocycles. The Morgan fingerprint density at radius 3 is 2.10 bits per heavy atom. The lowest BCUT2D eigenvalue weighted by Crippen LogP contribution is -2.53. The molecule has 0 aromatic heterocycles. The minimum Gasteiger partial charge on any atom is -0.357 e. The van der Waals surface area contributed by atoms with Crippen molar-refractivity contribution in [1.29, 1.82) is 0 Å². The fraction of sp³-hybridized carbons (Fsp3) is 0.259. The standard InChI is InChI=1S/C27H26Cl2F3N3O4S/c1-33-26(37)24(14-18-8-4-3-5-9-18)34(16-21-22(28)12-7-13-23(21)29)25(36)17-35(40(2,38)39)20-11-6-10-19(15-20)27(30,31)32/h3-13,15,24H,14,16-17H2,1-2H3,(H,33,37)/t24-/m0/s1. The van der Waals surface area contributed by atoms with Crippen LogP contribution in [0.25, 0.3) is 0 Å². The zero-order valence-electron chi connectivity index (χ0n) is 21.5. The third-order valence-corrected chi connectivity index (χ3v) is 7.90. The summed E-state index contributed by atoms with van der Waals surface area (Å²) in [5.41, 5.74) is -0.429. The van der Waals surface area contributed by atoms with Gasteiger partial charge >= 0.3 is 6.18 Å². The molecule has 3 rings (SSSR count). The van der Waals surface area contributed by atoms with Gasteiger partial charge in [0.05, 0.1) is 17.5 Å². The average Bonchev–Trinajstić information content (AvgIpc) is 2.89. The summed E-state index contributed by atoms with van der Waals surface area (Å²) in [6.07, 6.45) is -3.91. The maximum absolute atomic E-state index is 13.9. The van der Waals surface area contributed by atoms with Crippen LogP contribution in [0.1, 0.15) is 16.7 Å². The van der Waals surface area contributed by atoms with Crippen LogP contribution >= 0.6 is 23.2 Å². The Labute approximate surface area is 240 Å². The van der Waals surface area contributed by atoms with E-state index in [1.54, 1.807) is 48.5 Å². The van der Waals surface area contributed by atoms with Crippen LogP contribution in [-0.4, -0.2) is 51.0 Å². The molecule has 0 spiro atoms. The van der Waals surface area contributed by atoms with Crippen LogP contribution in [0.3, 0.4) is 0 Å². The van der Waals surface area contributed by atoms with Crippen LogP contribution < -0.4 is 9.62 Å². The first-order chi connectivity index (χ1) is 18.7. The third kappa shape index (κ3) is 7.89. The number of nitrogens with zero attached hydrogens (tertiary/aromatic N) is 2. The highest BCUT2D eigenvalue weighted by Crippen LogP contribution is 2.33. The minimum absolute atomic E-state index is 0.0523. The summed E-state index contributed by atoms with van der Waals surface area (Å²) in [6, 6.07) is 16.0. The summed E-state index contributed by atoms with van der Waals surface area (Å²) in [5.74, 6) is -1.41. The first kappa shape index (κ1) is 31.3. The predicted molar refractivity (Wildman–Crippen MR) is 149 cm³/mol. The first-order valence-corrected chi connectivity index (χ1v) is 14.5. The van der Waals surface area contributed by atoms with Crippen LogP contribution in [0, 0.1) is 0 Å². The molecular formula is C27H26Cl2F3N3O4S. The molecule has 0 unspecified atom stereocenters. The normalized spacial score (nSPS) is 12.5. The van der Waals surface area contributed by atoms with Crippen molar-refractivity contribution in [3.8, 4) is 0 Å². The maximum atomic E-state index is 13.9. The number of halogens is 5. The van der Waals surface area contributed by atoms with Gasteiger partial charge in [-0.2, -0.15) is 13.2 Å². The van der Waals surface area contributed by atoms with Crippen molar-refractivity contribution in [2.75, 3.05) is 24.2 Å². The van der Waals surface area contributed by atoms with Crippen LogP contribution in [0.15, 0.2) is 72.8 Å². The van der Waals surface area contributed by atoms with Gasteiger partial charge in [-0.15, -0.1) is 0 Å². The summed E-state index contributed by atoms with van der Waals surface area (Å²) < 4.78 is 66.1. The van der Waals surface area contributed by atoms with E-state index in [2.05, 4.69) is 5.32 Å². The lowest BCUT2D eigenvalue weighted by molar-refractivity contribution is -0.139. The molecule has 1 atom stereocenters. The summed E-state index contributed by atoms with van der Waals surface area (Å²) in [7, 11) is -2.86. The quantitative estimate of drug-likeness (QED) is 0.341. The van der Waals surface area contributed by atoms with Gasteiger partial charge in [-0.1, -0.05) is 65.7 Å². The summed E-state index contributed by atoms with van der Waals surface area (Å²) in [5, 5.41) is 2.93. The Kier molecular flexibility index (Phi) is 10.1. The molecule has 40 heavy (non-hydrogen) atoms. The fourth-order valence-electron chi connectivity index (χ4n) is 4.03. The SMILES string of the molecule is CNC(=O)[C@H](Cc1ccccc1)N(Cc1c(Cl)cccc1Cl)C(=O)CN(c1cccc(C(F)(F)F)c1)S(C)(=O)=O. The maximum Gasteiger partial charge on any atom is 0.416 e. The van der Waals surface area contributed by atoms with E-state index in [-0.39, 0.29) is 28.7 Å². The number of carbonyl (C=O) groups excluding carboxylic acids is 2. The number of hydrogen-bond acceptors (Lipinski definition) is 4. The molecule has 0 aliphatic carbocycles. The molecule has 13 heteroatoms. The van der Waals surface area contributed by atoms with Crippen LogP contribution in [0.5, 0.6) is 0 Å².